The normalized spacial score (nSPS) is 18.9. The molecule has 1 atom stereocenters. The van der Waals surface area contributed by atoms with Crippen molar-refractivity contribution in [1.82, 2.24) is 15.2 Å². The molecule has 4 N–H and O–H groups in total. The van der Waals surface area contributed by atoms with E-state index in [0.717, 1.165) is 0 Å². The summed E-state index contributed by atoms with van der Waals surface area (Å²) in [6, 6.07) is 0. The Balaban J connectivity index is 1.97. The molecular formula is C9H13N5O4. The summed E-state index contributed by atoms with van der Waals surface area (Å²) in [5.41, 5.74) is 5.32. The highest BCUT2D eigenvalue weighted by Gasteiger charge is 2.29. The number of amidine groups is 1. The molecule has 98 valence electrons. The predicted octanol–water partition coefficient (Wildman–Crippen LogP) is -1.67. The van der Waals surface area contributed by atoms with Gasteiger partial charge in [0.2, 0.25) is 11.6 Å². The van der Waals surface area contributed by atoms with Crippen LogP contribution in [0.1, 0.15) is 12.1 Å². The molecular weight excluding hydrogens is 242 g/mol. The molecule has 0 aromatic carbocycles. The van der Waals surface area contributed by atoms with Gasteiger partial charge >= 0.3 is 0 Å². The molecule has 18 heavy (non-hydrogen) atoms. The molecule has 2 heterocycles. The van der Waals surface area contributed by atoms with Gasteiger partial charge in [0.05, 0.1) is 6.54 Å². The molecule has 1 aromatic heterocycles. The first kappa shape index (κ1) is 12.3. The maximum absolute atomic E-state index is 11.3. The van der Waals surface area contributed by atoms with Gasteiger partial charge in [0.15, 0.2) is 5.84 Å². The number of carbonyl (C=O) groups is 1. The summed E-state index contributed by atoms with van der Waals surface area (Å²) in [6.07, 6.45) is 0.334. The average molecular weight is 255 g/mol. The highest BCUT2D eigenvalue weighted by atomic mass is 16.6. The van der Waals surface area contributed by atoms with Gasteiger partial charge in [0.1, 0.15) is 12.7 Å². The van der Waals surface area contributed by atoms with Gasteiger partial charge in [0, 0.05) is 13.0 Å². The van der Waals surface area contributed by atoms with E-state index >= 15 is 0 Å². The van der Waals surface area contributed by atoms with Crippen LogP contribution in [0.5, 0.6) is 5.88 Å². The van der Waals surface area contributed by atoms with Gasteiger partial charge in [-0.2, -0.15) is 0 Å². The van der Waals surface area contributed by atoms with Gasteiger partial charge in [-0.05, 0) is 10.3 Å². The van der Waals surface area contributed by atoms with Crippen molar-refractivity contribution in [3.63, 3.8) is 0 Å². The van der Waals surface area contributed by atoms with E-state index in [4.69, 9.17) is 21.0 Å². The number of nitrogens with one attached hydrogen (secondary N) is 1. The quantitative estimate of drug-likeness (QED) is 0.431. The maximum Gasteiger partial charge on any atom is 0.287 e. The van der Waals surface area contributed by atoms with Crippen LogP contribution in [0.15, 0.2) is 4.63 Å². The molecule has 0 bridgehead atoms. The fraction of sp³-hybridized carbons (Fsp3) is 0.556. The Kier molecular flexibility index (Phi) is 3.42. The first-order valence-corrected chi connectivity index (χ1v) is 5.34. The van der Waals surface area contributed by atoms with Crippen molar-refractivity contribution in [2.24, 2.45) is 5.73 Å². The molecule has 9 heteroatoms. The lowest BCUT2D eigenvalue weighted by molar-refractivity contribution is -0.133. The summed E-state index contributed by atoms with van der Waals surface area (Å²) in [7, 11) is 0. The number of ether oxygens (including phenoxy) is 1. The van der Waals surface area contributed by atoms with Gasteiger partial charge < -0.3 is 20.5 Å². The van der Waals surface area contributed by atoms with E-state index in [0.29, 0.717) is 19.5 Å². The number of aliphatic hydroxyl groups is 1. The zero-order valence-electron chi connectivity index (χ0n) is 9.50. The second kappa shape index (κ2) is 5.00. The van der Waals surface area contributed by atoms with Crippen molar-refractivity contribution in [2.75, 3.05) is 19.7 Å². The number of rotatable bonds is 4. The highest BCUT2D eigenvalue weighted by Crippen LogP contribution is 2.19. The fourth-order valence-electron chi connectivity index (χ4n) is 1.73. The minimum Gasteiger partial charge on any atom is -0.469 e. The average Bonchev–Trinajstić information content (AvgIpc) is 2.97. The largest absolute Gasteiger partial charge is 0.469 e. The third-order valence-electron chi connectivity index (χ3n) is 2.62. The molecule has 2 rings (SSSR count). The fourth-order valence-corrected chi connectivity index (χ4v) is 1.73. The lowest BCUT2D eigenvalue weighted by atomic mass is 10.3. The van der Waals surface area contributed by atoms with Gasteiger partial charge in [-0.25, -0.2) is 4.63 Å². The number of nitrogen functional groups attached to an aromatic ring is 1. The van der Waals surface area contributed by atoms with E-state index in [-0.39, 0.29) is 29.4 Å². The maximum atomic E-state index is 11.3. The van der Waals surface area contributed by atoms with Crippen LogP contribution in [0.4, 0.5) is 0 Å². The summed E-state index contributed by atoms with van der Waals surface area (Å²) in [5.74, 6) is -0.593. The topological polar surface area (TPSA) is 139 Å². The Hall–Kier alpha value is -2.16. The molecule has 1 fully saturated rings. The molecule has 1 amide bonds. The second-order valence-electron chi connectivity index (χ2n) is 3.86. The third kappa shape index (κ3) is 2.40. The smallest absolute Gasteiger partial charge is 0.287 e. The van der Waals surface area contributed by atoms with Crippen molar-refractivity contribution < 1.29 is 19.3 Å². The minimum atomic E-state index is -0.517. The van der Waals surface area contributed by atoms with Gasteiger partial charge in [-0.3, -0.25) is 10.2 Å². The van der Waals surface area contributed by atoms with Crippen molar-refractivity contribution >= 4 is 11.7 Å². The van der Waals surface area contributed by atoms with Crippen LogP contribution >= 0.6 is 0 Å². The SMILES string of the molecule is N=C(N)c1nonc1O[C@H]1CCN(C(=O)CO)C1. The van der Waals surface area contributed by atoms with Crippen LogP contribution < -0.4 is 10.5 Å². The number of likely N-dealkylation sites (tertiary alicyclic amines) is 1. The van der Waals surface area contributed by atoms with E-state index in [1.165, 1.54) is 4.90 Å². The van der Waals surface area contributed by atoms with E-state index in [2.05, 4.69) is 14.9 Å². The van der Waals surface area contributed by atoms with Crippen LogP contribution in [0.2, 0.25) is 0 Å². The lowest BCUT2D eigenvalue weighted by Crippen LogP contribution is -2.33. The van der Waals surface area contributed by atoms with Crippen LogP contribution in [0, 0.1) is 5.41 Å². The predicted molar refractivity (Wildman–Crippen MR) is 58.0 cm³/mol. The molecule has 0 unspecified atom stereocenters. The number of nitrogens with two attached hydrogens (primary N) is 1. The molecule has 1 saturated heterocycles. The molecule has 1 aromatic rings. The Labute approximate surface area is 102 Å². The first-order chi connectivity index (χ1) is 8.61. The van der Waals surface area contributed by atoms with Crippen LogP contribution in [0.25, 0.3) is 0 Å². The number of hydrogen-bond acceptors (Lipinski definition) is 7. The van der Waals surface area contributed by atoms with Crippen LogP contribution in [0.3, 0.4) is 0 Å². The standard InChI is InChI=1S/C9H13N5O4/c10-8(11)7-9(13-18-12-7)17-5-1-2-14(3-5)6(16)4-15/h5,15H,1-4H2,(H3,10,11)/t5-/m0/s1. The summed E-state index contributed by atoms with van der Waals surface area (Å²) in [5, 5.41) is 22.9. The van der Waals surface area contributed by atoms with Gasteiger partial charge in [0.25, 0.3) is 5.88 Å². The summed E-state index contributed by atoms with van der Waals surface area (Å²) in [6.45, 7) is 0.339. The van der Waals surface area contributed by atoms with Gasteiger partial charge in [-0.15, -0.1) is 0 Å². The Bertz CT molecular complexity index is 460. The van der Waals surface area contributed by atoms with Crippen molar-refractivity contribution in [2.45, 2.75) is 12.5 Å². The van der Waals surface area contributed by atoms with E-state index in [1.54, 1.807) is 0 Å². The Morgan fingerprint density at radius 3 is 3.11 bits per heavy atom. The molecule has 1 aliphatic heterocycles. The Morgan fingerprint density at radius 2 is 2.44 bits per heavy atom. The molecule has 1 aliphatic rings. The number of hydrogen-bond donors (Lipinski definition) is 3. The number of amides is 1. The van der Waals surface area contributed by atoms with E-state index < -0.39 is 6.61 Å². The number of aliphatic hydroxyl groups excluding tert-OH is 1. The molecule has 0 radical (unpaired) electrons. The van der Waals surface area contributed by atoms with E-state index in [1.807, 2.05) is 0 Å². The van der Waals surface area contributed by atoms with Crippen molar-refractivity contribution in [1.29, 1.82) is 5.41 Å². The highest BCUT2D eigenvalue weighted by molar-refractivity contribution is 5.94. The van der Waals surface area contributed by atoms with Crippen LogP contribution in [-0.2, 0) is 4.79 Å². The minimum absolute atomic E-state index is 0.0435. The zero-order chi connectivity index (χ0) is 13.1. The van der Waals surface area contributed by atoms with Crippen molar-refractivity contribution in [3.05, 3.63) is 5.69 Å². The Morgan fingerprint density at radius 1 is 1.67 bits per heavy atom. The van der Waals surface area contributed by atoms with Crippen LogP contribution in [-0.4, -0.2) is 57.9 Å². The number of aromatic nitrogens is 2. The zero-order valence-corrected chi connectivity index (χ0v) is 9.50. The summed E-state index contributed by atoms with van der Waals surface area (Å²) in [4.78, 5) is 12.7. The molecule has 0 spiro atoms. The third-order valence-corrected chi connectivity index (χ3v) is 2.62. The number of nitrogens with zero attached hydrogens (tertiary/aromatic N) is 3. The molecule has 9 nitrogen and oxygen atoms in total. The summed E-state index contributed by atoms with van der Waals surface area (Å²) < 4.78 is 9.92. The molecule has 0 saturated carbocycles. The monoisotopic (exact) mass is 255 g/mol. The van der Waals surface area contributed by atoms with E-state index in [9.17, 15) is 4.79 Å². The van der Waals surface area contributed by atoms with Gasteiger partial charge in [-0.1, -0.05) is 0 Å². The second-order valence-corrected chi connectivity index (χ2v) is 3.86. The summed E-state index contributed by atoms with van der Waals surface area (Å²) >= 11 is 0. The number of carbonyl (C=O) groups excluding carboxylic acids is 1. The molecule has 0 aliphatic carbocycles. The lowest BCUT2D eigenvalue weighted by Gasteiger charge is -2.14. The first-order valence-electron chi connectivity index (χ1n) is 5.34. The van der Waals surface area contributed by atoms with Crippen molar-refractivity contribution in [3.8, 4) is 5.88 Å².